The summed E-state index contributed by atoms with van der Waals surface area (Å²) in [5, 5.41) is -0.490. The summed E-state index contributed by atoms with van der Waals surface area (Å²) >= 11 is 0. The van der Waals surface area contributed by atoms with Gasteiger partial charge in [0.05, 0.1) is 10.1 Å². The van der Waals surface area contributed by atoms with E-state index in [9.17, 15) is 13.2 Å². The van der Waals surface area contributed by atoms with Gasteiger partial charge in [-0.15, -0.1) is 0 Å². The number of sulfone groups is 1. The average Bonchev–Trinajstić information content (AvgIpc) is 2.17. The molecule has 0 fully saturated rings. The van der Waals surface area contributed by atoms with E-state index >= 15 is 0 Å². The highest BCUT2D eigenvalue weighted by Crippen LogP contribution is 2.19. The van der Waals surface area contributed by atoms with Crippen molar-refractivity contribution in [2.75, 3.05) is 0 Å². The van der Waals surface area contributed by atoms with Gasteiger partial charge in [0.15, 0.2) is 9.84 Å². The van der Waals surface area contributed by atoms with Crippen molar-refractivity contribution in [3.8, 4) is 5.75 Å². The molecule has 0 spiro atoms. The maximum Gasteiger partial charge on any atom is 0.409 e. The van der Waals surface area contributed by atoms with E-state index in [1.54, 1.807) is 13.8 Å². The molecule has 5 nitrogen and oxygen atoms in total. The molecule has 16 heavy (non-hydrogen) atoms. The molecule has 0 unspecified atom stereocenters. The predicted octanol–water partition coefficient (Wildman–Crippen LogP) is 1.33. The van der Waals surface area contributed by atoms with Gasteiger partial charge in [0, 0.05) is 0 Å². The molecule has 0 atom stereocenters. The van der Waals surface area contributed by atoms with Gasteiger partial charge in [-0.3, -0.25) is 0 Å². The van der Waals surface area contributed by atoms with Crippen molar-refractivity contribution in [1.82, 2.24) is 0 Å². The van der Waals surface area contributed by atoms with Gasteiger partial charge < -0.3 is 10.5 Å². The number of rotatable bonds is 3. The van der Waals surface area contributed by atoms with Crippen molar-refractivity contribution in [1.29, 1.82) is 0 Å². The zero-order chi connectivity index (χ0) is 12.3. The lowest BCUT2D eigenvalue weighted by molar-refractivity contribution is 0.211. The molecular weight excluding hydrogens is 230 g/mol. The average molecular weight is 243 g/mol. The molecule has 0 saturated carbocycles. The molecule has 0 radical (unpaired) electrons. The zero-order valence-corrected chi connectivity index (χ0v) is 9.82. The van der Waals surface area contributed by atoms with Crippen LogP contribution in [0.25, 0.3) is 0 Å². The third-order valence-corrected chi connectivity index (χ3v) is 4.16. The SMILES string of the molecule is CC(C)S(=O)(=O)c1ccc(OC(N)=O)cc1. The quantitative estimate of drug-likeness (QED) is 0.867. The summed E-state index contributed by atoms with van der Waals surface area (Å²) < 4.78 is 28.1. The van der Waals surface area contributed by atoms with Crippen molar-refractivity contribution in [3.05, 3.63) is 24.3 Å². The first-order valence-corrected chi connectivity index (χ1v) is 6.20. The molecule has 0 aliphatic carbocycles. The Labute approximate surface area is 94.1 Å². The number of benzene rings is 1. The second-order valence-corrected chi connectivity index (χ2v) is 5.99. The van der Waals surface area contributed by atoms with Crippen LogP contribution < -0.4 is 10.5 Å². The fourth-order valence-electron chi connectivity index (χ4n) is 1.09. The van der Waals surface area contributed by atoms with E-state index in [0.29, 0.717) is 0 Å². The van der Waals surface area contributed by atoms with Gasteiger partial charge in [-0.05, 0) is 38.1 Å². The number of amides is 1. The van der Waals surface area contributed by atoms with E-state index in [0.717, 1.165) is 0 Å². The standard InChI is InChI=1S/C10H13NO4S/c1-7(2)16(13,14)9-5-3-8(4-6-9)15-10(11)12/h3-7H,1-2H3,(H2,11,12). The number of hydrogen-bond acceptors (Lipinski definition) is 4. The van der Waals surface area contributed by atoms with Crippen LogP contribution in [0.2, 0.25) is 0 Å². The molecule has 0 aliphatic rings. The zero-order valence-electron chi connectivity index (χ0n) is 9.01. The molecule has 0 heterocycles. The molecule has 0 saturated heterocycles. The minimum absolute atomic E-state index is 0.194. The van der Waals surface area contributed by atoms with E-state index in [1.165, 1.54) is 24.3 Å². The van der Waals surface area contributed by atoms with Gasteiger partial charge in [0.2, 0.25) is 0 Å². The first-order chi connectivity index (χ1) is 7.34. The maximum absolute atomic E-state index is 11.7. The van der Waals surface area contributed by atoms with Gasteiger partial charge in [-0.2, -0.15) is 0 Å². The molecule has 1 aromatic carbocycles. The normalized spacial score (nSPS) is 11.4. The summed E-state index contributed by atoms with van der Waals surface area (Å²) in [6.45, 7) is 3.20. The maximum atomic E-state index is 11.7. The van der Waals surface area contributed by atoms with Gasteiger partial charge in [0.25, 0.3) is 0 Å². The number of hydrogen-bond donors (Lipinski definition) is 1. The number of ether oxygens (including phenoxy) is 1. The fourth-order valence-corrected chi connectivity index (χ4v) is 2.15. The molecular formula is C10H13NO4S. The van der Waals surface area contributed by atoms with Crippen LogP contribution in [0.3, 0.4) is 0 Å². The van der Waals surface area contributed by atoms with Gasteiger partial charge >= 0.3 is 6.09 Å². The lowest BCUT2D eigenvalue weighted by atomic mass is 10.3. The molecule has 0 bridgehead atoms. The third-order valence-electron chi connectivity index (χ3n) is 1.99. The van der Waals surface area contributed by atoms with Crippen molar-refractivity contribution >= 4 is 15.9 Å². The third kappa shape index (κ3) is 2.73. The second kappa shape index (κ2) is 4.52. The number of primary amides is 1. The van der Waals surface area contributed by atoms with E-state index in [2.05, 4.69) is 4.74 Å². The topological polar surface area (TPSA) is 86.5 Å². The molecule has 88 valence electrons. The minimum Gasteiger partial charge on any atom is -0.411 e. The monoisotopic (exact) mass is 243 g/mol. The lowest BCUT2D eigenvalue weighted by Crippen LogP contribution is -2.16. The highest BCUT2D eigenvalue weighted by Gasteiger charge is 2.18. The Morgan fingerprint density at radius 2 is 1.75 bits per heavy atom. The van der Waals surface area contributed by atoms with Crippen molar-refractivity contribution in [2.24, 2.45) is 5.73 Å². The number of carbonyl (C=O) groups excluding carboxylic acids is 1. The summed E-state index contributed by atoms with van der Waals surface area (Å²) in [5.41, 5.74) is 4.82. The van der Waals surface area contributed by atoms with Crippen LogP contribution in [0, 0.1) is 0 Å². The number of carbonyl (C=O) groups is 1. The van der Waals surface area contributed by atoms with E-state index in [4.69, 9.17) is 5.73 Å². The van der Waals surface area contributed by atoms with Crippen LogP contribution >= 0.6 is 0 Å². The first-order valence-electron chi connectivity index (χ1n) is 4.65. The smallest absolute Gasteiger partial charge is 0.409 e. The first kappa shape index (κ1) is 12.5. The van der Waals surface area contributed by atoms with E-state index < -0.39 is 21.2 Å². The molecule has 0 aliphatic heterocycles. The molecule has 0 aromatic heterocycles. The Morgan fingerprint density at radius 1 is 1.25 bits per heavy atom. The Kier molecular flexibility index (Phi) is 3.54. The molecule has 1 amide bonds. The van der Waals surface area contributed by atoms with Gasteiger partial charge in [0.1, 0.15) is 5.75 Å². The summed E-state index contributed by atoms with van der Waals surface area (Å²) in [6.07, 6.45) is -0.931. The molecule has 1 aromatic rings. The number of nitrogens with two attached hydrogens (primary N) is 1. The predicted molar refractivity (Wildman–Crippen MR) is 59.0 cm³/mol. The Balaban J connectivity index is 3.00. The van der Waals surface area contributed by atoms with Crippen LogP contribution in [0.4, 0.5) is 4.79 Å². The Bertz CT molecular complexity index is 476. The summed E-state index contributed by atoms with van der Waals surface area (Å²) in [6, 6.07) is 5.54. The van der Waals surface area contributed by atoms with Crippen LogP contribution in [0.5, 0.6) is 5.75 Å². The van der Waals surface area contributed by atoms with Crippen LogP contribution in [0.15, 0.2) is 29.2 Å². The Morgan fingerprint density at radius 3 is 2.12 bits per heavy atom. The Hall–Kier alpha value is -1.56. The lowest BCUT2D eigenvalue weighted by Gasteiger charge is -2.08. The van der Waals surface area contributed by atoms with Crippen LogP contribution in [-0.4, -0.2) is 19.8 Å². The van der Waals surface area contributed by atoms with Crippen molar-refractivity contribution in [2.45, 2.75) is 24.0 Å². The largest absolute Gasteiger partial charge is 0.411 e. The summed E-state index contributed by atoms with van der Waals surface area (Å²) in [7, 11) is -3.29. The van der Waals surface area contributed by atoms with Crippen molar-refractivity contribution in [3.63, 3.8) is 0 Å². The van der Waals surface area contributed by atoms with E-state index in [-0.39, 0.29) is 10.6 Å². The molecule has 2 N–H and O–H groups in total. The van der Waals surface area contributed by atoms with E-state index in [1.807, 2.05) is 0 Å². The van der Waals surface area contributed by atoms with Crippen LogP contribution in [0.1, 0.15) is 13.8 Å². The fraction of sp³-hybridized carbons (Fsp3) is 0.300. The highest BCUT2D eigenvalue weighted by molar-refractivity contribution is 7.92. The van der Waals surface area contributed by atoms with Gasteiger partial charge in [-0.25, -0.2) is 13.2 Å². The molecule has 6 heteroatoms. The van der Waals surface area contributed by atoms with Gasteiger partial charge in [-0.1, -0.05) is 0 Å². The summed E-state index contributed by atoms with van der Waals surface area (Å²) in [4.78, 5) is 10.6. The second-order valence-electron chi connectivity index (χ2n) is 3.49. The highest BCUT2D eigenvalue weighted by atomic mass is 32.2. The minimum atomic E-state index is -3.29. The van der Waals surface area contributed by atoms with Crippen LogP contribution in [-0.2, 0) is 9.84 Å². The molecule has 1 rings (SSSR count). The van der Waals surface area contributed by atoms with Crippen molar-refractivity contribution < 1.29 is 17.9 Å². The summed E-state index contributed by atoms with van der Waals surface area (Å²) in [5.74, 6) is 0.218.